The molecular weight excluding hydrogens is 889 g/mol. The molecule has 0 radical (unpaired) electrons. The van der Waals surface area contributed by atoms with Crippen molar-refractivity contribution in [3.8, 4) is 0 Å². The standard InChI is InChI=1S/C48H74N12O7S/c1-68-27-23-36(51)43(62)56-38(21-22-42(52)61)46(65)60-41(30-35-31-53-32-55-35)48(67)59-40(29-34-18-10-7-11-19-34)47(66)57-37(20-12-14-25-50)45(64)58-39(28-33-16-8-6-9-17-33)44(63)54-26-15-5-3-2-4-13-24-49/h6-11,16-19,31-32,36-41H,2-5,12-15,20-30,49-51H2,1H3,(H2,52,61)(H,53,55)(H,54,63)(H,56,62)(H,57,66)(H,58,64)(H,59,67)(H,60,65)/t36-,37+,38-,39-,40-,41-/m0/s1. The van der Waals surface area contributed by atoms with Crippen LogP contribution in [0.5, 0.6) is 0 Å². The van der Waals surface area contributed by atoms with Gasteiger partial charge in [-0.2, -0.15) is 11.8 Å². The molecule has 68 heavy (non-hydrogen) atoms. The second kappa shape index (κ2) is 32.8. The van der Waals surface area contributed by atoms with E-state index in [1.54, 1.807) is 36.5 Å². The van der Waals surface area contributed by atoms with Gasteiger partial charge in [0.25, 0.3) is 0 Å². The van der Waals surface area contributed by atoms with E-state index in [0.717, 1.165) is 44.1 Å². The Bertz CT molecular complexity index is 1960. The number of thioether (sulfide) groups is 1. The number of hydrogen-bond acceptors (Lipinski definition) is 12. The van der Waals surface area contributed by atoms with Gasteiger partial charge in [-0.25, -0.2) is 4.98 Å². The van der Waals surface area contributed by atoms with Crippen molar-refractivity contribution in [1.82, 2.24) is 41.9 Å². The molecule has 0 bridgehead atoms. The number of nitrogens with zero attached hydrogens (tertiary/aromatic N) is 1. The number of nitrogens with one attached hydrogen (secondary N) is 7. The average molecular weight is 963 g/mol. The van der Waals surface area contributed by atoms with Crippen LogP contribution in [0.25, 0.3) is 0 Å². The Morgan fingerprint density at radius 3 is 1.57 bits per heavy atom. The molecule has 19 nitrogen and oxygen atoms in total. The van der Waals surface area contributed by atoms with Crippen molar-refractivity contribution < 1.29 is 33.6 Å². The lowest BCUT2D eigenvalue weighted by molar-refractivity contribution is -0.135. The van der Waals surface area contributed by atoms with Crippen LogP contribution in [0.1, 0.15) is 93.9 Å². The maximum atomic E-state index is 14.5. The van der Waals surface area contributed by atoms with Crippen molar-refractivity contribution in [3.05, 3.63) is 90.0 Å². The van der Waals surface area contributed by atoms with Gasteiger partial charge in [-0.05, 0) is 81.2 Å². The number of rotatable bonds is 35. The molecule has 0 fully saturated rings. The van der Waals surface area contributed by atoms with Crippen LogP contribution in [0.15, 0.2) is 73.2 Å². The lowest BCUT2D eigenvalue weighted by Gasteiger charge is -2.27. The number of carbonyl (C=O) groups is 7. The molecule has 20 heteroatoms. The molecule has 0 spiro atoms. The smallest absolute Gasteiger partial charge is 0.243 e. The molecule has 15 N–H and O–H groups in total. The van der Waals surface area contributed by atoms with E-state index in [2.05, 4.69) is 41.9 Å². The Morgan fingerprint density at radius 1 is 0.574 bits per heavy atom. The first-order chi connectivity index (χ1) is 32.8. The topological polar surface area (TPSA) is 324 Å². The van der Waals surface area contributed by atoms with Gasteiger partial charge in [0, 0.05) is 38.4 Å². The van der Waals surface area contributed by atoms with E-state index < -0.39 is 71.7 Å². The number of aromatic nitrogens is 2. The highest BCUT2D eigenvalue weighted by molar-refractivity contribution is 7.98. The minimum atomic E-state index is -1.34. The summed E-state index contributed by atoms with van der Waals surface area (Å²) in [6.07, 6.45) is 11.9. The molecule has 2 aromatic carbocycles. The monoisotopic (exact) mass is 963 g/mol. The van der Waals surface area contributed by atoms with Gasteiger partial charge < -0.3 is 59.8 Å². The minimum Gasteiger partial charge on any atom is -0.370 e. The molecule has 3 aromatic rings. The first kappa shape index (κ1) is 56.5. The van der Waals surface area contributed by atoms with Crippen LogP contribution >= 0.6 is 11.8 Å². The van der Waals surface area contributed by atoms with Gasteiger partial charge >= 0.3 is 0 Å². The van der Waals surface area contributed by atoms with Crippen LogP contribution in [0.4, 0.5) is 0 Å². The van der Waals surface area contributed by atoms with E-state index in [4.69, 9.17) is 22.9 Å². The number of H-pyrrole nitrogens is 1. The van der Waals surface area contributed by atoms with Crippen LogP contribution in [-0.4, -0.2) is 119 Å². The Balaban J connectivity index is 1.88. The fourth-order valence-corrected chi connectivity index (χ4v) is 7.80. The number of primary amides is 1. The van der Waals surface area contributed by atoms with Gasteiger partial charge in [-0.15, -0.1) is 0 Å². The molecule has 3 rings (SSSR count). The molecule has 0 saturated carbocycles. The van der Waals surface area contributed by atoms with E-state index in [1.807, 2.05) is 36.6 Å². The summed E-state index contributed by atoms with van der Waals surface area (Å²) in [5.41, 5.74) is 24.8. The fraction of sp³-hybridized carbons (Fsp3) is 0.542. The molecule has 0 aliphatic rings. The van der Waals surface area contributed by atoms with E-state index in [1.165, 1.54) is 18.1 Å². The molecule has 7 amide bonds. The number of benzene rings is 2. The summed E-state index contributed by atoms with van der Waals surface area (Å²) in [6.45, 7) is 1.46. The van der Waals surface area contributed by atoms with Gasteiger partial charge in [0.15, 0.2) is 0 Å². The van der Waals surface area contributed by atoms with Crippen molar-refractivity contribution in [2.45, 2.75) is 133 Å². The van der Waals surface area contributed by atoms with Crippen molar-refractivity contribution in [1.29, 1.82) is 0 Å². The first-order valence-electron chi connectivity index (χ1n) is 23.6. The largest absolute Gasteiger partial charge is 0.370 e. The highest BCUT2D eigenvalue weighted by Crippen LogP contribution is 2.11. The van der Waals surface area contributed by atoms with Crippen LogP contribution in [0.2, 0.25) is 0 Å². The Hall–Kier alpha value is -5.83. The first-order valence-corrected chi connectivity index (χ1v) is 25.0. The van der Waals surface area contributed by atoms with E-state index in [-0.39, 0.29) is 44.4 Å². The SMILES string of the molecule is CSCC[C@H](N)C(=O)N[C@@H](CCC(N)=O)C(=O)N[C@@H](Cc1c[nH]cn1)C(=O)N[C@@H](Cc1ccccc1)C(=O)N[C@H](CCCCN)C(=O)N[C@@H](Cc1ccccc1)C(=O)NCCCCCCCCN. The van der Waals surface area contributed by atoms with Crippen molar-refractivity contribution >= 4 is 53.1 Å². The van der Waals surface area contributed by atoms with Gasteiger partial charge in [0.2, 0.25) is 41.4 Å². The molecule has 0 aliphatic carbocycles. The average Bonchev–Trinajstić information content (AvgIpc) is 3.85. The normalized spacial score (nSPS) is 13.7. The number of unbranched alkanes of at least 4 members (excludes halogenated alkanes) is 6. The fourth-order valence-electron chi connectivity index (χ4n) is 7.31. The Kier molecular flexibility index (Phi) is 27.2. The summed E-state index contributed by atoms with van der Waals surface area (Å²) in [7, 11) is 0. The highest BCUT2D eigenvalue weighted by Gasteiger charge is 2.33. The van der Waals surface area contributed by atoms with Gasteiger partial charge in [-0.3, -0.25) is 33.6 Å². The predicted molar refractivity (Wildman–Crippen MR) is 264 cm³/mol. The van der Waals surface area contributed by atoms with Gasteiger partial charge in [0.05, 0.1) is 18.1 Å². The third kappa shape index (κ3) is 22.3. The van der Waals surface area contributed by atoms with Crippen LogP contribution < -0.4 is 54.8 Å². The maximum absolute atomic E-state index is 14.5. The summed E-state index contributed by atoms with van der Waals surface area (Å²) in [5, 5.41) is 16.8. The van der Waals surface area contributed by atoms with Gasteiger partial charge in [0.1, 0.15) is 30.2 Å². The van der Waals surface area contributed by atoms with Crippen LogP contribution in [0, 0.1) is 0 Å². The second-order valence-corrected chi connectivity index (χ2v) is 17.8. The maximum Gasteiger partial charge on any atom is 0.243 e. The Labute approximate surface area is 404 Å². The van der Waals surface area contributed by atoms with E-state index >= 15 is 0 Å². The molecule has 6 atom stereocenters. The molecule has 0 saturated heterocycles. The summed E-state index contributed by atoms with van der Waals surface area (Å²) >= 11 is 1.50. The quantitative estimate of drug-likeness (QED) is 0.0364. The zero-order valence-electron chi connectivity index (χ0n) is 39.3. The summed E-state index contributed by atoms with van der Waals surface area (Å²) < 4.78 is 0. The number of hydrogen-bond donors (Lipinski definition) is 11. The molecule has 1 heterocycles. The lowest BCUT2D eigenvalue weighted by atomic mass is 10.0. The minimum absolute atomic E-state index is 0.00406. The number of amides is 7. The van der Waals surface area contributed by atoms with Crippen LogP contribution in [-0.2, 0) is 52.8 Å². The molecule has 1 aromatic heterocycles. The molecular formula is C48H74N12O7S. The van der Waals surface area contributed by atoms with E-state index in [9.17, 15) is 33.6 Å². The Morgan fingerprint density at radius 2 is 1.04 bits per heavy atom. The van der Waals surface area contributed by atoms with Crippen LogP contribution in [0.3, 0.4) is 0 Å². The second-order valence-electron chi connectivity index (χ2n) is 16.8. The van der Waals surface area contributed by atoms with E-state index in [0.29, 0.717) is 55.9 Å². The zero-order chi connectivity index (χ0) is 49.5. The van der Waals surface area contributed by atoms with Crippen molar-refractivity contribution in [2.75, 3.05) is 31.6 Å². The number of imidazole rings is 1. The van der Waals surface area contributed by atoms with Crippen molar-refractivity contribution in [3.63, 3.8) is 0 Å². The summed E-state index contributed by atoms with van der Waals surface area (Å²) in [5.74, 6) is -3.92. The molecule has 374 valence electrons. The summed E-state index contributed by atoms with van der Waals surface area (Å²) in [6, 6.07) is 11.3. The van der Waals surface area contributed by atoms with Crippen molar-refractivity contribution in [2.24, 2.45) is 22.9 Å². The number of carbonyl (C=O) groups excluding carboxylic acids is 7. The number of nitrogens with two attached hydrogens (primary N) is 4. The zero-order valence-corrected chi connectivity index (χ0v) is 40.2. The number of aromatic amines is 1. The predicted octanol–water partition coefficient (Wildman–Crippen LogP) is 0.752. The molecule has 0 aliphatic heterocycles. The third-order valence-electron chi connectivity index (χ3n) is 11.2. The molecule has 0 unspecified atom stereocenters. The van der Waals surface area contributed by atoms with Gasteiger partial charge in [-0.1, -0.05) is 86.3 Å². The third-order valence-corrected chi connectivity index (χ3v) is 11.9. The highest BCUT2D eigenvalue weighted by atomic mass is 32.2. The summed E-state index contributed by atoms with van der Waals surface area (Å²) in [4.78, 5) is 103. The lowest BCUT2D eigenvalue weighted by Crippen LogP contribution is -2.60.